The minimum Gasteiger partial charge on any atom is -0.273 e. The fourth-order valence-corrected chi connectivity index (χ4v) is 1.75. The number of nitrogens with zero attached hydrogens (tertiary/aromatic N) is 3. The number of H-pyrrole nitrogens is 1. The van der Waals surface area contributed by atoms with Gasteiger partial charge in [-0.3, -0.25) is 9.69 Å². The van der Waals surface area contributed by atoms with Crippen LogP contribution in [-0.2, 0) is 4.79 Å². The van der Waals surface area contributed by atoms with Crippen molar-refractivity contribution in [3.8, 4) is 0 Å². The van der Waals surface area contributed by atoms with Gasteiger partial charge < -0.3 is 0 Å². The third-order valence-corrected chi connectivity index (χ3v) is 2.30. The van der Waals surface area contributed by atoms with E-state index in [0.29, 0.717) is 17.6 Å². The average Bonchev–Trinajstić information content (AvgIpc) is 2.55. The van der Waals surface area contributed by atoms with Gasteiger partial charge in [0.2, 0.25) is 11.9 Å². The Morgan fingerprint density at radius 1 is 1.73 bits per heavy atom. The summed E-state index contributed by atoms with van der Waals surface area (Å²) in [6.45, 7) is 0. The quantitative estimate of drug-likeness (QED) is 0.636. The molecule has 1 amide bonds. The van der Waals surface area contributed by atoms with Gasteiger partial charge in [0.15, 0.2) is 0 Å². The molecule has 0 saturated carbocycles. The van der Waals surface area contributed by atoms with Crippen molar-refractivity contribution in [2.75, 3.05) is 16.5 Å². The van der Waals surface area contributed by atoms with E-state index < -0.39 is 0 Å². The summed E-state index contributed by atoms with van der Waals surface area (Å²) in [6, 6.07) is 0. The number of carbonyl (C=O) groups excluding carboxylic acids is 1. The first-order chi connectivity index (χ1) is 5.38. The highest BCUT2D eigenvalue weighted by Crippen LogP contribution is 2.18. The van der Waals surface area contributed by atoms with Crippen LogP contribution in [0.1, 0.15) is 0 Å². The van der Waals surface area contributed by atoms with Crippen LogP contribution in [0.3, 0.4) is 0 Å². The molecule has 1 fully saturated rings. The summed E-state index contributed by atoms with van der Waals surface area (Å²) in [5.74, 6) is 1.85. The highest BCUT2D eigenvalue weighted by molar-refractivity contribution is 8.00. The Balaban J connectivity index is 2.23. The second kappa shape index (κ2) is 2.54. The van der Waals surface area contributed by atoms with E-state index >= 15 is 0 Å². The standard InChI is InChI=1S/C5H6N4OS/c10-4-1-11-3-9(4)5-6-2-7-8-5/h2H,1,3H2,(H,6,7,8). The van der Waals surface area contributed by atoms with Crippen LogP contribution < -0.4 is 4.90 Å². The molecule has 0 radical (unpaired) electrons. The summed E-state index contributed by atoms with van der Waals surface area (Å²) in [5.41, 5.74) is 0. The van der Waals surface area contributed by atoms with E-state index in [1.54, 1.807) is 16.7 Å². The molecule has 0 bridgehead atoms. The number of amides is 1. The van der Waals surface area contributed by atoms with E-state index in [1.807, 2.05) is 0 Å². The van der Waals surface area contributed by atoms with Gasteiger partial charge in [-0.15, -0.1) is 11.8 Å². The lowest BCUT2D eigenvalue weighted by Crippen LogP contribution is -2.25. The molecule has 0 spiro atoms. The monoisotopic (exact) mass is 170 g/mol. The maximum atomic E-state index is 11.1. The molecule has 1 saturated heterocycles. The van der Waals surface area contributed by atoms with E-state index in [4.69, 9.17) is 0 Å². The van der Waals surface area contributed by atoms with Crippen LogP contribution in [0.15, 0.2) is 6.33 Å². The summed E-state index contributed by atoms with van der Waals surface area (Å²) < 4.78 is 0. The molecule has 1 aromatic rings. The number of thioether (sulfide) groups is 1. The van der Waals surface area contributed by atoms with E-state index in [-0.39, 0.29) is 5.91 Å². The van der Waals surface area contributed by atoms with Gasteiger partial charge in [0, 0.05) is 0 Å². The second-order valence-electron chi connectivity index (χ2n) is 2.11. The first kappa shape index (κ1) is 6.66. The smallest absolute Gasteiger partial charge is 0.240 e. The van der Waals surface area contributed by atoms with Crippen molar-refractivity contribution in [1.82, 2.24) is 15.2 Å². The molecule has 0 aromatic carbocycles. The van der Waals surface area contributed by atoms with Gasteiger partial charge in [-0.05, 0) is 0 Å². The van der Waals surface area contributed by atoms with Crippen LogP contribution in [0.2, 0.25) is 0 Å². The Bertz CT molecular complexity index is 259. The van der Waals surface area contributed by atoms with Crippen LogP contribution in [-0.4, -0.2) is 32.7 Å². The number of aromatic amines is 1. The predicted octanol–water partition coefficient (Wildman–Crippen LogP) is -0.158. The molecule has 1 aliphatic rings. The Morgan fingerprint density at radius 3 is 3.18 bits per heavy atom. The van der Waals surface area contributed by atoms with Crippen molar-refractivity contribution < 1.29 is 4.79 Å². The molecule has 1 aliphatic heterocycles. The second-order valence-corrected chi connectivity index (χ2v) is 3.06. The van der Waals surface area contributed by atoms with Crippen molar-refractivity contribution in [2.45, 2.75) is 0 Å². The lowest BCUT2D eigenvalue weighted by molar-refractivity contribution is -0.115. The first-order valence-corrected chi connectivity index (χ1v) is 4.27. The summed E-state index contributed by atoms with van der Waals surface area (Å²) >= 11 is 1.58. The molecule has 6 heteroatoms. The SMILES string of the molecule is O=C1CSCN1c1ncn[nH]1. The zero-order chi connectivity index (χ0) is 7.68. The average molecular weight is 170 g/mol. The van der Waals surface area contributed by atoms with Crippen LogP contribution >= 0.6 is 11.8 Å². The number of nitrogens with one attached hydrogen (secondary N) is 1. The Labute approximate surface area is 67.2 Å². The van der Waals surface area contributed by atoms with Crippen molar-refractivity contribution >= 4 is 23.6 Å². The first-order valence-electron chi connectivity index (χ1n) is 3.11. The van der Waals surface area contributed by atoms with E-state index in [0.717, 1.165) is 0 Å². The highest BCUT2D eigenvalue weighted by Gasteiger charge is 2.23. The number of carbonyl (C=O) groups is 1. The Hall–Kier alpha value is -1.04. The summed E-state index contributed by atoms with van der Waals surface area (Å²) in [6.07, 6.45) is 1.39. The zero-order valence-electron chi connectivity index (χ0n) is 5.65. The zero-order valence-corrected chi connectivity index (χ0v) is 6.47. The molecule has 0 atom stereocenters. The largest absolute Gasteiger partial charge is 0.273 e. The Morgan fingerprint density at radius 2 is 2.64 bits per heavy atom. The fraction of sp³-hybridized carbons (Fsp3) is 0.400. The summed E-state index contributed by atoms with van der Waals surface area (Å²) in [4.78, 5) is 16.5. The molecular weight excluding hydrogens is 164 g/mol. The van der Waals surface area contributed by atoms with Crippen molar-refractivity contribution in [1.29, 1.82) is 0 Å². The number of hydrogen-bond donors (Lipinski definition) is 1. The van der Waals surface area contributed by atoms with E-state index in [9.17, 15) is 4.79 Å². The molecule has 58 valence electrons. The minimum atomic E-state index is 0.0896. The third-order valence-electron chi connectivity index (χ3n) is 1.40. The van der Waals surface area contributed by atoms with Crippen LogP contribution in [0.4, 0.5) is 5.95 Å². The summed E-state index contributed by atoms with van der Waals surface area (Å²) in [5, 5.41) is 6.30. The molecule has 1 N–H and O–H groups in total. The van der Waals surface area contributed by atoms with Gasteiger partial charge in [-0.2, -0.15) is 10.1 Å². The molecule has 2 rings (SSSR count). The van der Waals surface area contributed by atoms with Crippen LogP contribution in [0, 0.1) is 0 Å². The van der Waals surface area contributed by atoms with Gasteiger partial charge in [0.1, 0.15) is 6.33 Å². The minimum absolute atomic E-state index is 0.0896. The normalized spacial score (nSPS) is 17.8. The highest BCUT2D eigenvalue weighted by atomic mass is 32.2. The molecule has 11 heavy (non-hydrogen) atoms. The van der Waals surface area contributed by atoms with Crippen molar-refractivity contribution in [3.05, 3.63) is 6.33 Å². The molecule has 2 heterocycles. The fourth-order valence-electron chi connectivity index (χ4n) is 0.882. The molecular formula is C5H6N4OS. The van der Waals surface area contributed by atoms with Gasteiger partial charge in [0.05, 0.1) is 11.6 Å². The summed E-state index contributed by atoms with van der Waals surface area (Å²) in [7, 11) is 0. The van der Waals surface area contributed by atoms with Crippen molar-refractivity contribution in [3.63, 3.8) is 0 Å². The third kappa shape index (κ3) is 1.09. The topological polar surface area (TPSA) is 61.9 Å². The predicted molar refractivity (Wildman–Crippen MR) is 41.2 cm³/mol. The lowest BCUT2D eigenvalue weighted by Gasteiger charge is -2.08. The number of aromatic nitrogens is 3. The van der Waals surface area contributed by atoms with Gasteiger partial charge >= 0.3 is 0 Å². The van der Waals surface area contributed by atoms with Gasteiger partial charge in [-0.1, -0.05) is 0 Å². The number of anilines is 1. The van der Waals surface area contributed by atoms with E-state index in [2.05, 4.69) is 15.2 Å². The molecule has 5 nitrogen and oxygen atoms in total. The van der Waals surface area contributed by atoms with Gasteiger partial charge in [-0.25, -0.2) is 5.10 Å². The Kier molecular flexibility index (Phi) is 1.54. The lowest BCUT2D eigenvalue weighted by atomic mass is 10.6. The maximum Gasteiger partial charge on any atom is 0.240 e. The van der Waals surface area contributed by atoms with Gasteiger partial charge in [0.25, 0.3) is 0 Å². The molecule has 0 aliphatic carbocycles. The maximum absolute atomic E-state index is 11.1. The van der Waals surface area contributed by atoms with Crippen molar-refractivity contribution in [2.24, 2.45) is 0 Å². The van der Waals surface area contributed by atoms with Crippen LogP contribution in [0.5, 0.6) is 0 Å². The number of hydrogen-bond acceptors (Lipinski definition) is 4. The number of rotatable bonds is 1. The molecule has 1 aromatic heterocycles. The van der Waals surface area contributed by atoms with E-state index in [1.165, 1.54) is 6.33 Å². The molecule has 0 unspecified atom stereocenters. The van der Waals surface area contributed by atoms with Crippen LogP contribution in [0.25, 0.3) is 0 Å².